The second-order valence-corrected chi connectivity index (χ2v) is 9.88. The molecule has 1 amide bonds. The lowest BCUT2D eigenvalue weighted by Crippen LogP contribution is -2.49. The summed E-state index contributed by atoms with van der Waals surface area (Å²) in [5.74, 6) is 0.880. The van der Waals surface area contributed by atoms with Crippen LogP contribution in [0.2, 0.25) is 0 Å². The summed E-state index contributed by atoms with van der Waals surface area (Å²) >= 11 is 3.73. The van der Waals surface area contributed by atoms with Crippen molar-refractivity contribution in [2.45, 2.75) is 50.5 Å². The summed E-state index contributed by atoms with van der Waals surface area (Å²) in [6.45, 7) is 3.22. The summed E-state index contributed by atoms with van der Waals surface area (Å²) in [6.07, 6.45) is 6.70. The van der Waals surface area contributed by atoms with E-state index in [1.807, 2.05) is 4.90 Å². The quantitative estimate of drug-likeness (QED) is 0.694. The van der Waals surface area contributed by atoms with Crippen LogP contribution in [-0.2, 0) is 11.2 Å². The van der Waals surface area contributed by atoms with Gasteiger partial charge < -0.3 is 19.5 Å². The lowest BCUT2D eigenvalue weighted by molar-refractivity contribution is 0.0474. The standard InChI is InChI=1S/C23H30BrN3O2/c1-26-13-15(14-29-23(28)27-9-4-2-3-5-10-27)11-17-16-7-6-8-19-21(16)18(12-20(17)26)22(24)25-19/h6-8,15,17,20,25H,2-5,9-14H2,1H3/t15-,17?,20-/m0/s1. The number of nitrogens with zero attached hydrogens (tertiary/aromatic N) is 2. The molecule has 5 nitrogen and oxygen atoms in total. The van der Waals surface area contributed by atoms with E-state index in [4.69, 9.17) is 4.74 Å². The molecule has 0 radical (unpaired) electrons. The maximum Gasteiger partial charge on any atom is 0.409 e. The fourth-order valence-electron chi connectivity index (χ4n) is 5.75. The number of benzene rings is 1. The number of likely N-dealkylation sites (tertiary alicyclic amines) is 2. The van der Waals surface area contributed by atoms with E-state index in [0.717, 1.165) is 49.9 Å². The Kier molecular flexibility index (Phi) is 5.33. The number of ether oxygens (including phenoxy) is 1. The molecule has 3 aliphatic rings. The lowest BCUT2D eigenvalue weighted by Gasteiger charge is -2.45. The topological polar surface area (TPSA) is 48.6 Å². The molecule has 0 saturated carbocycles. The van der Waals surface area contributed by atoms with Crippen LogP contribution in [-0.4, -0.2) is 60.2 Å². The van der Waals surface area contributed by atoms with Gasteiger partial charge in [0.25, 0.3) is 0 Å². The molecular weight excluding hydrogens is 430 g/mol. The maximum absolute atomic E-state index is 12.6. The molecule has 156 valence electrons. The van der Waals surface area contributed by atoms with E-state index in [1.54, 1.807) is 0 Å². The third-order valence-electron chi connectivity index (χ3n) is 7.19. The van der Waals surface area contributed by atoms with Crippen LogP contribution < -0.4 is 0 Å². The number of aromatic nitrogens is 1. The van der Waals surface area contributed by atoms with Crippen LogP contribution in [0.3, 0.4) is 0 Å². The first-order valence-electron chi connectivity index (χ1n) is 11.0. The van der Waals surface area contributed by atoms with Crippen LogP contribution in [0.5, 0.6) is 0 Å². The first kappa shape index (κ1) is 19.4. The second kappa shape index (κ2) is 7.95. The highest BCUT2D eigenvalue weighted by Crippen LogP contribution is 2.46. The van der Waals surface area contributed by atoms with Gasteiger partial charge in [0.1, 0.15) is 0 Å². The van der Waals surface area contributed by atoms with E-state index in [2.05, 4.69) is 51.1 Å². The Labute approximate surface area is 180 Å². The monoisotopic (exact) mass is 459 g/mol. The summed E-state index contributed by atoms with van der Waals surface area (Å²) in [5.41, 5.74) is 4.08. The summed E-state index contributed by atoms with van der Waals surface area (Å²) in [5, 5.41) is 1.40. The molecule has 1 N–H and O–H groups in total. The number of amides is 1. The molecule has 1 aliphatic carbocycles. The number of likely N-dealkylation sites (N-methyl/N-ethyl adjacent to an activating group) is 1. The van der Waals surface area contributed by atoms with Gasteiger partial charge in [0, 0.05) is 48.4 Å². The molecule has 1 aromatic heterocycles. The molecular formula is C23H30BrN3O2. The van der Waals surface area contributed by atoms with Crippen molar-refractivity contribution in [2.75, 3.05) is 33.3 Å². The van der Waals surface area contributed by atoms with Gasteiger partial charge in [-0.3, -0.25) is 0 Å². The fourth-order valence-corrected chi connectivity index (χ4v) is 6.33. The van der Waals surface area contributed by atoms with Crippen LogP contribution in [0.25, 0.3) is 10.9 Å². The van der Waals surface area contributed by atoms with Gasteiger partial charge in [-0.2, -0.15) is 0 Å². The number of nitrogens with one attached hydrogen (secondary N) is 1. The maximum atomic E-state index is 12.6. The molecule has 2 aromatic rings. The second-order valence-electron chi connectivity index (χ2n) is 9.08. The van der Waals surface area contributed by atoms with Gasteiger partial charge in [-0.1, -0.05) is 25.0 Å². The Morgan fingerprint density at radius 2 is 2.03 bits per heavy atom. The Bertz CT molecular complexity index is 903. The molecule has 2 saturated heterocycles. The summed E-state index contributed by atoms with van der Waals surface area (Å²) in [7, 11) is 2.23. The highest BCUT2D eigenvalue weighted by molar-refractivity contribution is 9.10. The van der Waals surface area contributed by atoms with Crippen LogP contribution in [0.1, 0.15) is 49.1 Å². The molecule has 2 fully saturated rings. The number of aromatic amines is 1. The SMILES string of the molecule is CN1C[C@@H](COC(=O)N2CCCCCC2)CC2c3cccc4[nH]c(Br)c(c34)C[C@@H]21. The molecule has 6 heteroatoms. The zero-order chi connectivity index (χ0) is 20.0. The number of halogens is 1. The van der Waals surface area contributed by atoms with Crippen LogP contribution >= 0.6 is 15.9 Å². The van der Waals surface area contributed by atoms with Gasteiger partial charge in [-0.25, -0.2) is 4.79 Å². The van der Waals surface area contributed by atoms with Gasteiger partial charge in [-0.05, 0) is 65.9 Å². The van der Waals surface area contributed by atoms with Crippen molar-refractivity contribution in [2.24, 2.45) is 5.92 Å². The number of carbonyl (C=O) groups excluding carboxylic acids is 1. The van der Waals surface area contributed by atoms with Gasteiger partial charge in [0.2, 0.25) is 0 Å². The minimum absolute atomic E-state index is 0.112. The van der Waals surface area contributed by atoms with Gasteiger partial charge in [0.05, 0.1) is 11.2 Å². The summed E-state index contributed by atoms with van der Waals surface area (Å²) in [6, 6.07) is 7.14. The third-order valence-corrected chi connectivity index (χ3v) is 7.87. The lowest BCUT2D eigenvalue weighted by atomic mass is 9.72. The molecule has 1 aromatic carbocycles. The Balaban J connectivity index is 1.31. The number of hydrogen-bond donors (Lipinski definition) is 1. The third kappa shape index (κ3) is 3.59. The summed E-state index contributed by atoms with van der Waals surface area (Å²) < 4.78 is 6.92. The van der Waals surface area contributed by atoms with Crippen LogP contribution in [0.15, 0.2) is 22.8 Å². The molecule has 3 atom stereocenters. The predicted molar refractivity (Wildman–Crippen MR) is 118 cm³/mol. The van der Waals surface area contributed by atoms with Crippen molar-refractivity contribution in [1.29, 1.82) is 0 Å². The largest absolute Gasteiger partial charge is 0.449 e. The van der Waals surface area contributed by atoms with Crippen molar-refractivity contribution in [1.82, 2.24) is 14.8 Å². The molecule has 1 unspecified atom stereocenters. The zero-order valence-corrected chi connectivity index (χ0v) is 18.7. The highest BCUT2D eigenvalue weighted by atomic mass is 79.9. The minimum Gasteiger partial charge on any atom is -0.449 e. The van der Waals surface area contributed by atoms with E-state index >= 15 is 0 Å². The number of hydrogen-bond acceptors (Lipinski definition) is 3. The van der Waals surface area contributed by atoms with E-state index in [-0.39, 0.29) is 6.09 Å². The first-order chi connectivity index (χ1) is 14.1. The van der Waals surface area contributed by atoms with Crippen LogP contribution in [0, 0.1) is 5.92 Å². The Hall–Kier alpha value is -1.53. The summed E-state index contributed by atoms with van der Waals surface area (Å²) in [4.78, 5) is 20.5. The van der Waals surface area contributed by atoms with Crippen molar-refractivity contribution >= 4 is 32.9 Å². The van der Waals surface area contributed by atoms with E-state index in [9.17, 15) is 4.79 Å². The normalized spacial score (nSPS) is 27.5. The molecule has 29 heavy (non-hydrogen) atoms. The number of carbonyl (C=O) groups is 1. The molecule has 2 aliphatic heterocycles. The van der Waals surface area contributed by atoms with E-state index in [0.29, 0.717) is 24.5 Å². The molecule has 5 rings (SSSR count). The number of piperidine rings is 1. The van der Waals surface area contributed by atoms with Crippen LogP contribution in [0.4, 0.5) is 4.79 Å². The predicted octanol–water partition coefficient (Wildman–Crippen LogP) is 4.90. The van der Waals surface area contributed by atoms with Gasteiger partial charge >= 0.3 is 6.09 Å². The van der Waals surface area contributed by atoms with Crippen molar-refractivity contribution in [3.05, 3.63) is 33.9 Å². The first-order valence-corrected chi connectivity index (χ1v) is 11.8. The molecule has 0 spiro atoms. The number of fused-ring (bicyclic) bond motifs is 2. The minimum atomic E-state index is -0.112. The fraction of sp³-hybridized carbons (Fsp3) is 0.609. The number of H-pyrrole nitrogens is 1. The van der Waals surface area contributed by atoms with Crippen molar-refractivity contribution in [3.8, 4) is 0 Å². The molecule has 3 heterocycles. The van der Waals surface area contributed by atoms with E-state index in [1.165, 1.54) is 34.9 Å². The zero-order valence-electron chi connectivity index (χ0n) is 17.1. The average molecular weight is 460 g/mol. The Morgan fingerprint density at radius 1 is 1.24 bits per heavy atom. The Morgan fingerprint density at radius 3 is 2.83 bits per heavy atom. The smallest absolute Gasteiger partial charge is 0.409 e. The van der Waals surface area contributed by atoms with Gasteiger partial charge in [0.15, 0.2) is 0 Å². The van der Waals surface area contributed by atoms with Crippen molar-refractivity contribution < 1.29 is 9.53 Å². The van der Waals surface area contributed by atoms with E-state index < -0.39 is 0 Å². The highest BCUT2D eigenvalue weighted by Gasteiger charge is 2.40. The average Bonchev–Trinajstić information content (AvgIpc) is 2.89. The van der Waals surface area contributed by atoms with Gasteiger partial charge in [-0.15, -0.1) is 0 Å². The van der Waals surface area contributed by atoms with Crippen molar-refractivity contribution in [3.63, 3.8) is 0 Å². The number of rotatable bonds is 2. The molecule has 0 bridgehead atoms.